The van der Waals surface area contributed by atoms with Gasteiger partial charge in [0, 0.05) is 20.3 Å². The minimum absolute atomic E-state index is 0.780. The van der Waals surface area contributed by atoms with E-state index in [0.717, 1.165) is 26.4 Å². The largest absolute Gasteiger partial charge is 0.253 e. The summed E-state index contributed by atoms with van der Waals surface area (Å²) in [5.41, 5.74) is 6.09. The van der Waals surface area contributed by atoms with Crippen LogP contribution in [0.2, 0.25) is 0 Å². The van der Waals surface area contributed by atoms with Crippen molar-refractivity contribution in [2.75, 3.05) is 11.7 Å². The number of aromatic nitrogens is 1. The first-order valence-corrected chi connectivity index (χ1v) is 9.79. The van der Waals surface area contributed by atoms with E-state index in [9.17, 15) is 0 Å². The number of anilines is 1. The fourth-order valence-corrected chi connectivity index (χ4v) is 3.27. The van der Waals surface area contributed by atoms with Crippen molar-refractivity contribution in [3.8, 4) is 11.3 Å². The summed E-state index contributed by atoms with van der Waals surface area (Å²) >= 11 is 6.69. The molecule has 0 amide bonds. The summed E-state index contributed by atoms with van der Waals surface area (Å²) in [5.74, 6) is 0. The minimum atomic E-state index is 0.780. The molecular formula is C17H14BrN3S2. The highest BCUT2D eigenvalue weighted by Crippen LogP contribution is 2.26. The van der Waals surface area contributed by atoms with Crippen LogP contribution in [0.25, 0.3) is 11.3 Å². The highest BCUT2D eigenvalue weighted by Gasteiger charge is 2.03. The van der Waals surface area contributed by atoms with Gasteiger partial charge in [0.25, 0.3) is 0 Å². The third kappa shape index (κ3) is 4.43. The highest BCUT2D eigenvalue weighted by molar-refractivity contribution is 9.10. The summed E-state index contributed by atoms with van der Waals surface area (Å²) in [6, 6.07) is 16.4. The summed E-state index contributed by atoms with van der Waals surface area (Å²) in [5, 5.41) is 7.04. The number of nitrogens with zero attached hydrogens (tertiary/aromatic N) is 2. The molecule has 0 spiro atoms. The molecule has 1 N–H and O–H groups in total. The molecule has 0 atom stereocenters. The second kappa shape index (κ2) is 7.77. The van der Waals surface area contributed by atoms with E-state index in [1.807, 2.05) is 29.6 Å². The number of nitrogens with one attached hydrogen (secondary N) is 1. The standard InChI is InChI=1S/C17H14BrN3S2/c1-22-15-8-4-13(5-9-15)16-11-23-17(20-16)21-19-10-12-2-6-14(18)7-3-12/h2-11H,1H3,(H,20,21). The van der Waals surface area contributed by atoms with E-state index in [4.69, 9.17) is 0 Å². The molecule has 1 aromatic heterocycles. The van der Waals surface area contributed by atoms with E-state index < -0.39 is 0 Å². The number of rotatable bonds is 5. The van der Waals surface area contributed by atoms with E-state index in [1.165, 1.54) is 4.90 Å². The Morgan fingerprint density at radius 1 is 1.13 bits per heavy atom. The van der Waals surface area contributed by atoms with Crippen molar-refractivity contribution in [2.45, 2.75) is 4.90 Å². The van der Waals surface area contributed by atoms with Gasteiger partial charge in [0.15, 0.2) is 0 Å². The van der Waals surface area contributed by atoms with Gasteiger partial charge in [-0.25, -0.2) is 4.98 Å². The van der Waals surface area contributed by atoms with Crippen molar-refractivity contribution in [1.82, 2.24) is 4.98 Å². The fourth-order valence-electron chi connectivity index (χ4n) is 1.93. The van der Waals surface area contributed by atoms with Gasteiger partial charge in [0.1, 0.15) is 0 Å². The van der Waals surface area contributed by atoms with Crippen LogP contribution >= 0.6 is 39.0 Å². The van der Waals surface area contributed by atoms with Crippen LogP contribution in [0.1, 0.15) is 5.56 Å². The summed E-state index contributed by atoms with van der Waals surface area (Å²) in [6.07, 6.45) is 3.85. The zero-order valence-electron chi connectivity index (χ0n) is 12.4. The van der Waals surface area contributed by atoms with Gasteiger partial charge in [-0.15, -0.1) is 23.1 Å². The quantitative estimate of drug-likeness (QED) is 0.335. The molecular weight excluding hydrogens is 390 g/mol. The zero-order chi connectivity index (χ0) is 16.1. The van der Waals surface area contributed by atoms with Crippen LogP contribution in [-0.2, 0) is 0 Å². The Kier molecular flexibility index (Phi) is 5.48. The van der Waals surface area contributed by atoms with E-state index in [2.05, 4.69) is 62.0 Å². The van der Waals surface area contributed by atoms with Crippen LogP contribution in [0.4, 0.5) is 5.13 Å². The SMILES string of the molecule is CSc1ccc(-c2csc(NN=Cc3ccc(Br)cc3)n2)cc1. The average Bonchev–Trinajstić information content (AvgIpc) is 3.06. The first-order valence-electron chi connectivity index (χ1n) is 6.89. The van der Waals surface area contributed by atoms with Crippen LogP contribution in [-0.4, -0.2) is 17.5 Å². The van der Waals surface area contributed by atoms with Gasteiger partial charge in [-0.05, 0) is 36.1 Å². The Morgan fingerprint density at radius 3 is 2.57 bits per heavy atom. The molecule has 0 aliphatic carbocycles. The lowest BCUT2D eigenvalue weighted by Crippen LogP contribution is -1.90. The normalized spacial score (nSPS) is 11.0. The van der Waals surface area contributed by atoms with Crippen molar-refractivity contribution in [1.29, 1.82) is 0 Å². The molecule has 0 saturated heterocycles. The van der Waals surface area contributed by atoms with Crippen molar-refractivity contribution < 1.29 is 0 Å². The smallest absolute Gasteiger partial charge is 0.203 e. The van der Waals surface area contributed by atoms with Crippen molar-refractivity contribution in [3.63, 3.8) is 0 Å². The topological polar surface area (TPSA) is 37.3 Å². The molecule has 1 heterocycles. The molecule has 0 bridgehead atoms. The maximum absolute atomic E-state index is 4.56. The summed E-state index contributed by atoms with van der Waals surface area (Å²) in [7, 11) is 0. The van der Waals surface area contributed by atoms with Crippen molar-refractivity contribution in [2.24, 2.45) is 5.10 Å². The maximum Gasteiger partial charge on any atom is 0.203 e. The summed E-state index contributed by atoms with van der Waals surface area (Å²) in [4.78, 5) is 5.81. The van der Waals surface area contributed by atoms with Gasteiger partial charge < -0.3 is 0 Å². The summed E-state index contributed by atoms with van der Waals surface area (Å²) < 4.78 is 1.06. The molecule has 0 fully saturated rings. The van der Waals surface area contributed by atoms with Crippen LogP contribution in [0, 0.1) is 0 Å². The number of benzene rings is 2. The predicted molar refractivity (Wildman–Crippen MR) is 105 cm³/mol. The van der Waals surface area contributed by atoms with Crippen LogP contribution in [0.3, 0.4) is 0 Å². The molecule has 0 aliphatic rings. The number of hydrogen-bond acceptors (Lipinski definition) is 5. The first-order chi connectivity index (χ1) is 11.2. The number of thiazole rings is 1. The molecule has 2 aromatic carbocycles. The van der Waals surface area contributed by atoms with Gasteiger partial charge in [-0.3, -0.25) is 5.43 Å². The van der Waals surface area contributed by atoms with Crippen LogP contribution in [0.5, 0.6) is 0 Å². The Hall–Kier alpha value is -1.63. The molecule has 116 valence electrons. The zero-order valence-corrected chi connectivity index (χ0v) is 15.6. The van der Waals surface area contributed by atoms with Crippen molar-refractivity contribution in [3.05, 3.63) is 63.9 Å². The van der Waals surface area contributed by atoms with Crippen LogP contribution < -0.4 is 5.43 Å². The molecule has 3 aromatic rings. The van der Waals surface area contributed by atoms with E-state index in [-0.39, 0.29) is 0 Å². The monoisotopic (exact) mass is 403 g/mol. The summed E-state index contributed by atoms with van der Waals surface area (Å²) in [6.45, 7) is 0. The van der Waals surface area contributed by atoms with Gasteiger partial charge in [-0.1, -0.05) is 40.2 Å². The second-order valence-corrected chi connectivity index (χ2v) is 7.34. The first kappa shape index (κ1) is 16.2. The predicted octanol–water partition coefficient (Wildman–Crippen LogP) is 5.74. The van der Waals surface area contributed by atoms with E-state index in [1.54, 1.807) is 29.3 Å². The molecule has 3 rings (SSSR count). The molecule has 0 aliphatic heterocycles. The Bertz CT molecular complexity index is 795. The van der Waals surface area contributed by atoms with Crippen LogP contribution in [0.15, 0.2) is 68.4 Å². The average molecular weight is 404 g/mol. The molecule has 3 nitrogen and oxygen atoms in total. The maximum atomic E-state index is 4.56. The highest BCUT2D eigenvalue weighted by atomic mass is 79.9. The van der Waals surface area contributed by atoms with Crippen molar-refractivity contribution >= 4 is 50.4 Å². The van der Waals surface area contributed by atoms with E-state index in [0.29, 0.717) is 0 Å². The molecule has 0 unspecified atom stereocenters. The molecule has 6 heteroatoms. The third-order valence-corrected chi connectivity index (χ3v) is 5.15. The minimum Gasteiger partial charge on any atom is -0.253 e. The number of hydrogen-bond donors (Lipinski definition) is 1. The number of hydrazone groups is 1. The third-order valence-electron chi connectivity index (χ3n) is 3.13. The number of thioether (sulfide) groups is 1. The Balaban J connectivity index is 1.65. The lowest BCUT2D eigenvalue weighted by Gasteiger charge is -1.99. The van der Waals surface area contributed by atoms with E-state index >= 15 is 0 Å². The molecule has 23 heavy (non-hydrogen) atoms. The lowest BCUT2D eigenvalue weighted by atomic mass is 10.2. The number of halogens is 1. The lowest BCUT2D eigenvalue weighted by molar-refractivity contribution is 1.28. The van der Waals surface area contributed by atoms with Gasteiger partial charge in [0.2, 0.25) is 5.13 Å². The van der Waals surface area contributed by atoms with Gasteiger partial charge in [-0.2, -0.15) is 5.10 Å². The fraction of sp³-hybridized carbons (Fsp3) is 0.0588. The van der Waals surface area contributed by atoms with Gasteiger partial charge in [0.05, 0.1) is 11.9 Å². The molecule has 0 saturated carbocycles. The Labute approximate surface area is 152 Å². The van der Waals surface area contributed by atoms with Gasteiger partial charge >= 0.3 is 0 Å². The Morgan fingerprint density at radius 2 is 1.87 bits per heavy atom. The second-order valence-electron chi connectivity index (χ2n) is 4.69. The molecule has 0 radical (unpaired) electrons.